The predicted molar refractivity (Wildman–Crippen MR) is 75.4 cm³/mol. The third kappa shape index (κ3) is 4.89. The second kappa shape index (κ2) is 6.66. The number of halogens is 3. The van der Waals surface area contributed by atoms with Gasteiger partial charge in [-0.3, -0.25) is 0 Å². The lowest BCUT2D eigenvalue weighted by atomic mass is 10.1. The number of nitrogens with one attached hydrogen (secondary N) is 1. The van der Waals surface area contributed by atoms with Crippen molar-refractivity contribution in [1.82, 2.24) is 10.2 Å². The maximum atomic E-state index is 13.0. The highest BCUT2D eigenvalue weighted by Crippen LogP contribution is 2.33. The molecule has 0 amide bonds. The summed E-state index contributed by atoms with van der Waals surface area (Å²) >= 11 is 0. The molecule has 21 heavy (non-hydrogen) atoms. The minimum absolute atomic E-state index is 0.0121. The topological polar surface area (TPSA) is 24.5 Å². The van der Waals surface area contributed by atoms with Crippen LogP contribution >= 0.6 is 0 Å². The smallest absolute Gasteiger partial charge is 0.416 e. The van der Waals surface area contributed by atoms with Crippen molar-refractivity contribution >= 4 is 0 Å². The quantitative estimate of drug-likeness (QED) is 0.925. The predicted octanol–water partition coefficient (Wildman–Crippen LogP) is 2.90. The van der Waals surface area contributed by atoms with Crippen molar-refractivity contribution in [3.05, 3.63) is 29.3 Å². The molecule has 1 aromatic carbocycles. The van der Waals surface area contributed by atoms with E-state index in [2.05, 4.69) is 5.32 Å². The molecule has 0 aliphatic carbocycles. The van der Waals surface area contributed by atoms with Gasteiger partial charge in [-0.2, -0.15) is 13.2 Å². The number of benzene rings is 1. The Hall–Kier alpha value is -1.27. The van der Waals surface area contributed by atoms with Gasteiger partial charge in [0, 0.05) is 6.54 Å². The van der Waals surface area contributed by atoms with Gasteiger partial charge in [0.05, 0.1) is 5.56 Å². The molecule has 1 aliphatic rings. The van der Waals surface area contributed by atoms with Crippen LogP contribution in [0.2, 0.25) is 0 Å². The number of nitrogens with zero attached hydrogens (tertiary/aromatic N) is 1. The van der Waals surface area contributed by atoms with Gasteiger partial charge < -0.3 is 15.0 Å². The van der Waals surface area contributed by atoms with Crippen LogP contribution in [0.25, 0.3) is 0 Å². The van der Waals surface area contributed by atoms with Crippen LogP contribution in [0.1, 0.15) is 24.0 Å². The van der Waals surface area contributed by atoms with Crippen molar-refractivity contribution in [3.63, 3.8) is 0 Å². The zero-order valence-electron chi connectivity index (χ0n) is 12.3. The molecule has 0 bridgehead atoms. The van der Waals surface area contributed by atoms with Gasteiger partial charge in [0.2, 0.25) is 0 Å². The molecule has 0 spiro atoms. The van der Waals surface area contributed by atoms with E-state index in [-0.39, 0.29) is 6.10 Å². The first-order chi connectivity index (χ1) is 9.84. The number of piperidine rings is 1. The van der Waals surface area contributed by atoms with E-state index in [1.807, 2.05) is 19.0 Å². The van der Waals surface area contributed by atoms with Crippen LogP contribution in [-0.2, 0) is 12.7 Å². The van der Waals surface area contributed by atoms with E-state index in [1.54, 1.807) is 6.07 Å². The van der Waals surface area contributed by atoms with Crippen LogP contribution < -0.4 is 10.1 Å². The SMILES string of the molecule is CN(C)Cc1cc(OC2CCNCC2)cc(C(F)(F)F)c1. The van der Waals surface area contributed by atoms with Crippen LogP contribution in [0, 0.1) is 0 Å². The Morgan fingerprint density at radius 2 is 1.86 bits per heavy atom. The molecule has 118 valence electrons. The number of hydrogen-bond acceptors (Lipinski definition) is 3. The molecule has 1 fully saturated rings. The average molecular weight is 302 g/mol. The number of hydrogen-bond donors (Lipinski definition) is 1. The molecule has 0 aromatic heterocycles. The van der Waals surface area contributed by atoms with Crippen molar-refractivity contribution in [2.24, 2.45) is 0 Å². The highest BCUT2D eigenvalue weighted by atomic mass is 19.4. The maximum Gasteiger partial charge on any atom is 0.416 e. The van der Waals surface area contributed by atoms with E-state index < -0.39 is 11.7 Å². The summed E-state index contributed by atoms with van der Waals surface area (Å²) in [6.07, 6.45) is -2.73. The fourth-order valence-electron chi connectivity index (χ4n) is 2.45. The average Bonchev–Trinajstić information content (AvgIpc) is 2.37. The Morgan fingerprint density at radius 3 is 2.43 bits per heavy atom. The van der Waals surface area contributed by atoms with Gasteiger partial charge in [0.15, 0.2) is 0 Å². The summed E-state index contributed by atoms with van der Waals surface area (Å²) in [7, 11) is 3.65. The van der Waals surface area contributed by atoms with E-state index in [9.17, 15) is 13.2 Å². The van der Waals surface area contributed by atoms with Gasteiger partial charge in [-0.15, -0.1) is 0 Å². The maximum absolute atomic E-state index is 13.0. The minimum atomic E-state index is -4.35. The minimum Gasteiger partial charge on any atom is -0.490 e. The number of rotatable bonds is 4. The third-order valence-corrected chi connectivity index (χ3v) is 3.38. The molecule has 1 saturated heterocycles. The van der Waals surface area contributed by atoms with Crippen LogP contribution in [-0.4, -0.2) is 38.2 Å². The Bertz CT molecular complexity index is 468. The van der Waals surface area contributed by atoms with Crippen molar-refractivity contribution in [1.29, 1.82) is 0 Å². The van der Waals surface area contributed by atoms with Crippen molar-refractivity contribution < 1.29 is 17.9 Å². The number of ether oxygens (including phenoxy) is 1. The van der Waals surface area contributed by atoms with Crippen LogP contribution in [0.5, 0.6) is 5.75 Å². The second-order valence-electron chi connectivity index (χ2n) is 5.67. The van der Waals surface area contributed by atoms with Gasteiger partial charge >= 0.3 is 6.18 Å². The van der Waals surface area contributed by atoms with E-state index in [4.69, 9.17) is 4.74 Å². The van der Waals surface area contributed by atoms with Crippen molar-refractivity contribution in [2.75, 3.05) is 27.2 Å². The van der Waals surface area contributed by atoms with Crippen LogP contribution in [0.15, 0.2) is 18.2 Å². The van der Waals surface area contributed by atoms with Gasteiger partial charge in [-0.25, -0.2) is 0 Å². The molecular weight excluding hydrogens is 281 g/mol. The van der Waals surface area contributed by atoms with Gasteiger partial charge in [-0.1, -0.05) is 0 Å². The lowest BCUT2D eigenvalue weighted by Crippen LogP contribution is -2.34. The van der Waals surface area contributed by atoms with Gasteiger partial charge in [-0.05, 0) is 63.8 Å². The second-order valence-corrected chi connectivity index (χ2v) is 5.67. The molecule has 1 heterocycles. The zero-order valence-corrected chi connectivity index (χ0v) is 12.3. The van der Waals surface area contributed by atoms with E-state index in [1.165, 1.54) is 6.07 Å². The first-order valence-electron chi connectivity index (χ1n) is 7.08. The van der Waals surface area contributed by atoms with Gasteiger partial charge in [0.1, 0.15) is 11.9 Å². The first-order valence-corrected chi connectivity index (χ1v) is 7.08. The fourth-order valence-corrected chi connectivity index (χ4v) is 2.45. The molecule has 1 aromatic rings. The molecule has 0 saturated carbocycles. The molecule has 0 atom stereocenters. The molecule has 6 heteroatoms. The van der Waals surface area contributed by atoms with E-state index in [0.717, 1.165) is 32.0 Å². The van der Waals surface area contributed by atoms with E-state index in [0.29, 0.717) is 17.9 Å². The molecular formula is C15H21F3N2O. The summed E-state index contributed by atoms with van der Waals surface area (Å²) in [4.78, 5) is 1.84. The summed E-state index contributed by atoms with van der Waals surface area (Å²) in [6, 6.07) is 3.99. The molecule has 1 aliphatic heterocycles. The lowest BCUT2D eigenvalue weighted by Gasteiger charge is -2.25. The highest BCUT2D eigenvalue weighted by molar-refractivity contribution is 5.36. The number of alkyl halides is 3. The summed E-state index contributed by atoms with van der Waals surface area (Å²) in [5.74, 6) is 0.313. The Labute approximate surface area is 123 Å². The summed E-state index contributed by atoms with van der Waals surface area (Å²) in [6.45, 7) is 2.13. The normalized spacial score (nSPS) is 17.2. The fraction of sp³-hybridized carbons (Fsp3) is 0.600. The molecule has 1 N–H and O–H groups in total. The Kier molecular flexibility index (Phi) is 5.11. The van der Waals surface area contributed by atoms with Crippen LogP contribution in [0.3, 0.4) is 0 Å². The third-order valence-electron chi connectivity index (χ3n) is 3.38. The molecule has 0 radical (unpaired) electrons. The largest absolute Gasteiger partial charge is 0.490 e. The first kappa shape index (κ1) is 16.1. The van der Waals surface area contributed by atoms with Crippen molar-refractivity contribution in [2.45, 2.75) is 31.7 Å². The monoisotopic (exact) mass is 302 g/mol. The van der Waals surface area contributed by atoms with Crippen LogP contribution in [0.4, 0.5) is 13.2 Å². The molecule has 0 unspecified atom stereocenters. The Balaban J connectivity index is 2.21. The zero-order chi connectivity index (χ0) is 15.5. The van der Waals surface area contributed by atoms with E-state index >= 15 is 0 Å². The van der Waals surface area contributed by atoms with Crippen molar-refractivity contribution in [3.8, 4) is 5.75 Å². The highest BCUT2D eigenvalue weighted by Gasteiger charge is 2.31. The van der Waals surface area contributed by atoms with Gasteiger partial charge in [0.25, 0.3) is 0 Å². The Morgan fingerprint density at radius 1 is 1.19 bits per heavy atom. The summed E-state index contributed by atoms with van der Waals surface area (Å²) in [5, 5.41) is 3.21. The summed E-state index contributed by atoms with van der Waals surface area (Å²) in [5.41, 5.74) is -0.0375. The standard InChI is InChI=1S/C15H21F3N2O/c1-20(2)10-11-7-12(15(16,17)18)9-14(8-11)21-13-3-5-19-6-4-13/h7-9,13,19H,3-6,10H2,1-2H3. The molecule has 2 rings (SSSR count). The summed E-state index contributed by atoms with van der Waals surface area (Å²) < 4.78 is 44.7. The lowest BCUT2D eigenvalue weighted by molar-refractivity contribution is -0.137. The molecule has 3 nitrogen and oxygen atoms in total.